The molecule has 1 N–H and O–H groups in total. The van der Waals surface area contributed by atoms with Crippen LogP contribution in [-0.4, -0.2) is 29.6 Å². The van der Waals surface area contributed by atoms with Crippen molar-refractivity contribution in [3.8, 4) is 0 Å². The third kappa shape index (κ3) is 4.00. The van der Waals surface area contributed by atoms with Gasteiger partial charge < -0.3 is 9.84 Å². The average Bonchev–Trinajstić information content (AvgIpc) is 2.35. The van der Waals surface area contributed by atoms with E-state index >= 15 is 0 Å². The number of aliphatic hydroxyl groups excluding tert-OH is 1. The van der Waals surface area contributed by atoms with Crippen LogP contribution in [0.3, 0.4) is 0 Å². The molecule has 0 saturated heterocycles. The van der Waals surface area contributed by atoms with E-state index in [4.69, 9.17) is 4.74 Å². The van der Waals surface area contributed by atoms with Gasteiger partial charge in [-0.15, -0.1) is 0 Å². The molecular weight excluding hydrogens is 220 g/mol. The summed E-state index contributed by atoms with van der Waals surface area (Å²) in [7, 11) is 0. The lowest BCUT2D eigenvalue weighted by molar-refractivity contribution is -0.154. The number of ketones is 1. The van der Waals surface area contributed by atoms with Gasteiger partial charge in [-0.25, -0.2) is 4.79 Å². The van der Waals surface area contributed by atoms with Crippen molar-refractivity contribution >= 4 is 11.8 Å². The van der Waals surface area contributed by atoms with Crippen molar-refractivity contribution < 1.29 is 19.4 Å². The van der Waals surface area contributed by atoms with E-state index in [9.17, 15) is 14.7 Å². The lowest BCUT2D eigenvalue weighted by atomic mass is 10.1. The second kappa shape index (κ2) is 6.15. The van der Waals surface area contributed by atoms with Gasteiger partial charge in [-0.05, 0) is 5.92 Å². The van der Waals surface area contributed by atoms with Gasteiger partial charge in [0.05, 0.1) is 0 Å². The molecule has 0 aliphatic heterocycles. The molecule has 0 unspecified atom stereocenters. The third-order valence-electron chi connectivity index (χ3n) is 2.31. The highest BCUT2D eigenvalue weighted by molar-refractivity contribution is 5.98. The second-order valence-electron chi connectivity index (χ2n) is 4.09. The van der Waals surface area contributed by atoms with Crippen molar-refractivity contribution in [2.45, 2.75) is 20.0 Å². The summed E-state index contributed by atoms with van der Waals surface area (Å²) in [6.07, 6.45) is -1.18. The Bertz CT molecular complexity index is 384. The Morgan fingerprint density at radius 2 is 1.82 bits per heavy atom. The zero-order valence-electron chi connectivity index (χ0n) is 9.92. The summed E-state index contributed by atoms with van der Waals surface area (Å²) < 4.78 is 4.74. The van der Waals surface area contributed by atoms with Gasteiger partial charge in [0.15, 0.2) is 18.5 Å². The van der Waals surface area contributed by atoms with E-state index in [1.807, 2.05) is 0 Å². The van der Waals surface area contributed by atoms with Gasteiger partial charge in [0.25, 0.3) is 0 Å². The molecule has 0 fully saturated rings. The van der Waals surface area contributed by atoms with Gasteiger partial charge in [-0.2, -0.15) is 0 Å². The highest BCUT2D eigenvalue weighted by atomic mass is 16.5. The smallest absolute Gasteiger partial charge is 0.335 e. The summed E-state index contributed by atoms with van der Waals surface area (Å²) in [5.74, 6) is -1.27. The van der Waals surface area contributed by atoms with Gasteiger partial charge in [0, 0.05) is 5.56 Å². The Hall–Kier alpha value is -1.68. The van der Waals surface area contributed by atoms with Crippen LogP contribution in [0, 0.1) is 5.92 Å². The number of esters is 1. The van der Waals surface area contributed by atoms with Crippen LogP contribution in [0.25, 0.3) is 0 Å². The fraction of sp³-hybridized carbons (Fsp3) is 0.385. The Morgan fingerprint density at radius 3 is 2.35 bits per heavy atom. The number of carbonyl (C=O) groups excluding carboxylic acids is 2. The minimum atomic E-state index is -1.18. The molecule has 0 aliphatic carbocycles. The number of benzene rings is 1. The molecule has 4 nitrogen and oxygen atoms in total. The van der Waals surface area contributed by atoms with Crippen molar-refractivity contribution in [1.29, 1.82) is 0 Å². The van der Waals surface area contributed by atoms with Crippen LogP contribution in [0.4, 0.5) is 0 Å². The quantitative estimate of drug-likeness (QED) is 0.620. The molecule has 92 valence electrons. The summed E-state index contributed by atoms with van der Waals surface area (Å²) in [6.45, 7) is 3.06. The van der Waals surface area contributed by atoms with Crippen molar-refractivity contribution in [2.75, 3.05) is 6.61 Å². The van der Waals surface area contributed by atoms with Crippen LogP contribution in [-0.2, 0) is 9.53 Å². The monoisotopic (exact) mass is 236 g/mol. The fourth-order valence-corrected chi connectivity index (χ4v) is 1.20. The van der Waals surface area contributed by atoms with E-state index in [0.717, 1.165) is 0 Å². The second-order valence-corrected chi connectivity index (χ2v) is 4.09. The summed E-state index contributed by atoms with van der Waals surface area (Å²) in [4.78, 5) is 22.9. The average molecular weight is 236 g/mol. The molecule has 1 rings (SSSR count). The van der Waals surface area contributed by atoms with Crippen molar-refractivity contribution in [3.63, 3.8) is 0 Å². The van der Waals surface area contributed by atoms with E-state index in [1.54, 1.807) is 44.2 Å². The highest BCUT2D eigenvalue weighted by Gasteiger charge is 2.21. The third-order valence-corrected chi connectivity index (χ3v) is 2.31. The van der Waals surface area contributed by atoms with Gasteiger partial charge in [-0.3, -0.25) is 4.79 Å². The molecule has 4 heteroatoms. The highest BCUT2D eigenvalue weighted by Crippen LogP contribution is 2.05. The normalized spacial score (nSPS) is 12.2. The molecule has 0 aliphatic rings. The molecule has 1 aromatic carbocycles. The molecule has 0 heterocycles. The molecule has 1 aromatic rings. The van der Waals surface area contributed by atoms with E-state index in [1.165, 1.54) is 0 Å². The first-order valence-corrected chi connectivity index (χ1v) is 5.45. The number of carbonyl (C=O) groups is 2. The van der Waals surface area contributed by atoms with Gasteiger partial charge >= 0.3 is 5.97 Å². The number of hydrogen-bond acceptors (Lipinski definition) is 4. The number of rotatable bonds is 5. The summed E-state index contributed by atoms with van der Waals surface area (Å²) in [5.41, 5.74) is 0.485. The van der Waals surface area contributed by atoms with Crippen LogP contribution < -0.4 is 0 Å². The molecule has 17 heavy (non-hydrogen) atoms. The molecule has 0 amide bonds. The van der Waals surface area contributed by atoms with E-state index in [0.29, 0.717) is 5.56 Å². The van der Waals surface area contributed by atoms with Crippen molar-refractivity contribution in [2.24, 2.45) is 5.92 Å². The summed E-state index contributed by atoms with van der Waals surface area (Å²) >= 11 is 0. The Kier molecular flexibility index (Phi) is 4.84. The number of hydrogen-bond donors (Lipinski definition) is 1. The van der Waals surface area contributed by atoms with Crippen LogP contribution in [0.15, 0.2) is 30.3 Å². The topological polar surface area (TPSA) is 63.6 Å². The van der Waals surface area contributed by atoms with Crippen LogP contribution in [0.1, 0.15) is 24.2 Å². The lowest BCUT2D eigenvalue weighted by Gasteiger charge is -2.12. The van der Waals surface area contributed by atoms with Crippen LogP contribution in [0.2, 0.25) is 0 Å². The van der Waals surface area contributed by atoms with Gasteiger partial charge in [0.2, 0.25) is 0 Å². The SMILES string of the molecule is CC(C)[C@H](O)C(=O)OCC(=O)c1ccccc1. The minimum Gasteiger partial charge on any atom is -0.455 e. The van der Waals surface area contributed by atoms with Gasteiger partial charge in [0.1, 0.15) is 0 Å². The zero-order chi connectivity index (χ0) is 12.8. The Balaban J connectivity index is 2.47. The first kappa shape index (κ1) is 13.4. The maximum atomic E-state index is 11.6. The molecule has 0 saturated carbocycles. The minimum absolute atomic E-state index is 0.227. The fourth-order valence-electron chi connectivity index (χ4n) is 1.20. The molecule has 0 radical (unpaired) electrons. The van der Waals surface area contributed by atoms with E-state index < -0.39 is 12.1 Å². The summed E-state index contributed by atoms with van der Waals surface area (Å²) in [5, 5.41) is 9.39. The Morgan fingerprint density at radius 1 is 1.24 bits per heavy atom. The van der Waals surface area contributed by atoms with Crippen molar-refractivity contribution in [3.05, 3.63) is 35.9 Å². The maximum absolute atomic E-state index is 11.6. The largest absolute Gasteiger partial charge is 0.455 e. The van der Waals surface area contributed by atoms with Crippen LogP contribution >= 0.6 is 0 Å². The Labute approximate surface area is 100 Å². The van der Waals surface area contributed by atoms with Gasteiger partial charge in [-0.1, -0.05) is 44.2 Å². The number of aliphatic hydroxyl groups is 1. The van der Waals surface area contributed by atoms with Crippen LogP contribution in [0.5, 0.6) is 0 Å². The molecule has 0 spiro atoms. The first-order chi connectivity index (χ1) is 8.02. The zero-order valence-corrected chi connectivity index (χ0v) is 9.92. The maximum Gasteiger partial charge on any atom is 0.335 e. The summed E-state index contributed by atoms with van der Waals surface area (Å²) in [6, 6.07) is 8.56. The molecule has 1 atom stereocenters. The lowest BCUT2D eigenvalue weighted by Crippen LogP contribution is -2.29. The molecule has 0 aromatic heterocycles. The predicted octanol–water partition coefficient (Wildman–Crippen LogP) is 1.43. The first-order valence-electron chi connectivity index (χ1n) is 5.45. The standard InChI is InChI=1S/C13H16O4/c1-9(2)12(15)13(16)17-8-11(14)10-6-4-3-5-7-10/h3-7,9,12,15H,8H2,1-2H3/t12-/m0/s1. The van der Waals surface area contributed by atoms with E-state index in [-0.39, 0.29) is 18.3 Å². The van der Waals surface area contributed by atoms with Crippen molar-refractivity contribution in [1.82, 2.24) is 0 Å². The number of ether oxygens (including phenoxy) is 1. The predicted molar refractivity (Wildman–Crippen MR) is 62.6 cm³/mol. The number of Topliss-reactive ketones (excluding diaryl/α,β-unsaturated/α-hetero) is 1. The molecular formula is C13H16O4. The van der Waals surface area contributed by atoms with E-state index in [2.05, 4.69) is 0 Å². The molecule has 0 bridgehead atoms.